The van der Waals surface area contributed by atoms with Crippen molar-refractivity contribution < 1.29 is 14.3 Å². The van der Waals surface area contributed by atoms with E-state index < -0.39 is 0 Å². The second-order valence-corrected chi connectivity index (χ2v) is 4.76. The SMILES string of the molecule is CCCCOC(=O)c1ccc(C(=O)c2ccccc2)cc1. The largest absolute Gasteiger partial charge is 0.462 e. The number of carbonyl (C=O) groups excluding carboxylic acids is 2. The van der Waals surface area contributed by atoms with Crippen molar-refractivity contribution in [2.75, 3.05) is 6.61 Å². The summed E-state index contributed by atoms with van der Waals surface area (Å²) in [5, 5.41) is 0. The molecule has 0 aliphatic rings. The van der Waals surface area contributed by atoms with Gasteiger partial charge in [0.05, 0.1) is 12.2 Å². The average Bonchev–Trinajstić information content (AvgIpc) is 2.55. The minimum atomic E-state index is -0.345. The van der Waals surface area contributed by atoms with Crippen molar-refractivity contribution in [2.24, 2.45) is 0 Å². The van der Waals surface area contributed by atoms with E-state index in [9.17, 15) is 9.59 Å². The van der Waals surface area contributed by atoms with Gasteiger partial charge in [0.15, 0.2) is 5.78 Å². The van der Waals surface area contributed by atoms with Crippen LogP contribution in [0.1, 0.15) is 46.0 Å². The maximum Gasteiger partial charge on any atom is 0.338 e. The van der Waals surface area contributed by atoms with Crippen molar-refractivity contribution in [2.45, 2.75) is 19.8 Å². The van der Waals surface area contributed by atoms with Crippen LogP contribution in [0.15, 0.2) is 54.6 Å². The van der Waals surface area contributed by atoms with Crippen LogP contribution in [-0.2, 0) is 4.74 Å². The van der Waals surface area contributed by atoms with Gasteiger partial charge in [0.25, 0.3) is 0 Å². The molecule has 0 atom stereocenters. The molecule has 0 amide bonds. The molecule has 0 heterocycles. The summed E-state index contributed by atoms with van der Waals surface area (Å²) in [6.45, 7) is 2.47. The quantitative estimate of drug-likeness (QED) is 0.459. The molecule has 2 aromatic carbocycles. The molecule has 0 saturated heterocycles. The number of esters is 1. The third-order valence-corrected chi connectivity index (χ3v) is 3.15. The molecular formula is C18H18O3. The lowest BCUT2D eigenvalue weighted by Gasteiger charge is -2.05. The van der Waals surface area contributed by atoms with Gasteiger partial charge in [-0.15, -0.1) is 0 Å². The molecule has 0 bridgehead atoms. The Balaban J connectivity index is 2.05. The first-order valence-corrected chi connectivity index (χ1v) is 7.09. The van der Waals surface area contributed by atoms with Gasteiger partial charge in [0, 0.05) is 11.1 Å². The van der Waals surface area contributed by atoms with Crippen LogP contribution in [0, 0.1) is 0 Å². The van der Waals surface area contributed by atoms with E-state index in [1.807, 2.05) is 25.1 Å². The van der Waals surface area contributed by atoms with E-state index >= 15 is 0 Å². The van der Waals surface area contributed by atoms with Gasteiger partial charge in [0.2, 0.25) is 0 Å². The van der Waals surface area contributed by atoms with Gasteiger partial charge in [-0.1, -0.05) is 55.8 Å². The second-order valence-electron chi connectivity index (χ2n) is 4.76. The highest BCUT2D eigenvalue weighted by molar-refractivity contribution is 6.09. The van der Waals surface area contributed by atoms with Crippen molar-refractivity contribution in [1.29, 1.82) is 0 Å². The Morgan fingerprint density at radius 1 is 0.857 bits per heavy atom. The summed E-state index contributed by atoms with van der Waals surface area (Å²) in [5.41, 5.74) is 1.66. The lowest BCUT2D eigenvalue weighted by atomic mass is 10.0. The van der Waals surface area contributed by atoms with E-state index in [-0.39, 0.29) is 11.8 Å². The van der Waals surface area contributed by atoms with Gasteiger partial charge in [-0.3, -0.25) is 4.79 Å². The maximum absolute atomic E-state index is 12.2. The minimum absolute atomic E-state index is 0.0542. The van der Waals surface area contributed by atoms with Gasteiger partial charge in [-0.05, 0) is 18.6 Å². The number of ether oxygens (including phenoxy) is 1. The van der Waals surface area contributed by atoms with Crippen molar-refractivity contribution in [3.63, 3.8) is 0 Å². The zero-order valence-electron chi connectivity index (χ0n) is 12.0. The van der Waals surface area contributed by atoms with E-state index in [0.29, 0.717) is 23.3 Å². The van der Waals surface area contributed by atoms with Gasteiger partial charge in [0.1, 0.15) is 0 Å². The molecule has 0 aromatic heterocycles. The first kappa shape index (κ1) is 15.0. The predicted molar refractivity (Wildman–Crippen MR) is 81.5 cm³/mol. The molecule has 108 valence electrons. The summed E-state index contributed by atoms with van der Waals surface area (Å²) in [4.78, 5) is 24.0. The van der Waals surface area contributed by atoms with Crippen LogP contribution < -0.4 is 0 Å². The fourth-order valence-corrected chi connectivity index (χ4v) is 1.91. The molecule has 21 heavy (non-hydrogen) atoms. The highest BCUT2D eigenvalue weighted by atomic mass is 16.5. The van der Waals surface area contributed by atoms with E-state index in [4.69, 9.17) is 4.74 Å². The highest BCUT2D eigenvalue weighted by Crippen LogP contribution is 2.12. The minimum Gasteiger partial charge on any atom is -0.462 e. The topological polar surface area (TPSA) is 43.4 Å². The van der Waals surface area contributed by atoms with Crippen LogP contribution in [0.25, 0.3) is 0 Å². The summed E-state index contributed by atoms with van der Waals surface area (Å²) in [6.07, 6.45) is 1.84. The highest BCUT2D eigenvalue weighted by Gasteiger charge is 2.11. The van der Waals surface area contributed by atoms with E-state index in [2.05, 4.69) is 0 Å². The van der Waals surface area contributed by atoms with E-state index in [0.717, 1.165) is 12.8 Å². The van der Waals surface area contributed by atoms with Gasteiger partial charge in [-0.2, -0.15) is 0 Å². The average molecular weight is 282 g/mol. The summed E-state index contributed by atoms with van der Waals surface area (Å²) in [5.74, 6) is -0.399. The molecule has 2 rings (SSSR count). The molecule has 2 aromatic rings. The first-order valence-electron chi connectivity index (χ1n) is 7.09. The number of unbranched alkanes of at least 4 members (excludes halogenated alkanes) is 1. The number of rotatable bonds is 6. The fraction of sp³-hybridized carbons (Fsp3) is 0.222. The summed E-state index contributed by atoms with van der Waals surface area (Å²) in [7, 11) is 0. The van der Waals surface area contributed by atoms with Gasteiger partial charge >= 0.3 is 5.97 Å². The van der Waals surface area contributed by atoms with E-state index in [1.54, 1.807) is 36.4 Å². The fourth-order valence-electron chi connectivity index (χ4n) is 1.91. The second kappa shape index (κ2) is 7.39. The molecule has 0 aliphatic carbocycles. The Kier molecular flexibility index (Phi) is 5.27. The molecule has 0 N–H and O–H groups in total. The Morgan fingerprint density at radius 3 is 2.05 bits per heavy atom. The Hall–Kier alpha value is -2.42. The molecular weight excluding hydrogens is 264 g/mol. The lowest BCUT2D eigenvalue weighted by molar-refractivity contribution is 0.0499. The number of benzene rings is 2. The van der Waals surface area contributed by atoms with Crippen LogP contribution >= 0.6 is 0 Å². The number of hydrogen-bond donors (Lipinski definition) is 0. The van der Waals surface area contributed by atoms with Gasteiger partial charge < -0.3 is 4.74 Å². The Morgan fingerprint density at radius 2 is 1.43 bits per heavy atom. The Labute approximate surface area is 124 Å². The molecule has 3 nitrogen and oxygen atoms in total. The number of carbonyl (C=O) groups is 2. The van der Waals surface area contributed by atoms with Crippen LogP contribution in [0.4, 0.5) is 0 Å². The van der Waals surface area contributed by atoms with Crippen molar-refractivity contribution in [3.05, 3.63) is 71.3 Å². The smallest absolute Gasteiger partial charge is 0.338 e. The first-order chi connectivity index (χ1) is 10.2. The molecule has 0 saturated carbocycles. The number of ketones is 1. The molecule has 3 heteroatoms. The van der Waals surface area contributed by atoms with Crippen LogP contribution in [0.5, 0.6) is 0 Å². The zero-order chi connectivity index (χ0) is 15.1. The van der Waals surface area contributed by atoms with Crippen LogP contribution in [0.3, 0.4) is 0 Å². The normalized spacial score (nSPS) is 10.1. The lowest BCUT2D eigenvalue weighted by Crippen LogP contribution is -2.07. The third-order valence-electron chi connectivity index (χ3n) is 3.15. The summed E-state index contributed by atoms with van der Waals surface area (Å²) >= 11 is 0. The Bertz CT molecular complexity index is 600. The third kappa shape index (κ3) is 4.02. The van der Waals surface area contributed by atoms with Crippen molar-refractivity contribution in [1.82, 2.24) is 0 Å². The van der Waals surface area contributed by atoms with Gasteiger partial charge in [-0.25, -0.2) is 4.79 Å². The molecule has 0 spiro atoms. The molecule has 0 fully saturated rings. The zero-order valence-corrected chi connectivity index (χ0v) is 12.0. The van der Waals surface area contributed by atoms with Crippen LogP contribution in [-0.4, -0.2) is 18.4 Å². The van der Waals surface area contributed by atoms with Crippen molar-refractivity contribution >= 4 is 11.8 Å². The van der Waals surface area contributed by atoms with Crippen LogP contribution in [0.2, 0.25) is 0 Å². The number of hydrogen-bond acceptors (Lipinski definition) is 3. The standard InChI is InChI=1S/C18H18O3/c1-2-3-13-21-18(20)16-11-9-15(10-12-16)17(19)14-7-5-4-6-8-14/h4-12H,2-3,13H2,1H3. The molecule has 0 unspecified atom stereocenters. The molecule has 0 aliphatic heterocycles. The molecule has 0 radical (unpaired) electrons. The van der Waals surface area contributed by atoms with Crippen molar-refractivity contribution in [3.8, 4) is 0 Å². The summed E-state index contributed by atoms with van der Waals surface area (Å²) in [6, 6.07) is 15.6. The maximum atomic E-state index is 12.2. The monoisotopic (exact) mass is 282 g/mol. The van der Waals surface area contributed by atoms with E-state index in [1.165, 1.54) is 0 Å². The summed E-state index contributed by atoms with van der Waals surface area (Å²) < 4.78 is 5.13. The predicted octanol–water partition coefficient (Wildman–Crippen LogP) is 3.87.